The van der Waals surface area contributed by atoms with Crippen molar-refractivity contribution in [3.05, 3.63) is 47.7 Å². The van der Waals surface area contributed by atoms with Crippen LogP contribution in [0.4, 0.5) is 5.82 Å². The zero-order valence-electron chi connectivity index (χ0n) is 7.84. The summed E-state index contributed by atoms with van der Waals surface area (Å²) in [6.45, 7) is 1.84. The SMILES string of the molecule is Cc1cc(/N=C/c2ccccc2)no1. The number of aliphatic imine (C=N–C) groups is 1. The first-order chi connectivity index (χ1) is 6.84. The molecular formula is C11H10N2O. The van der Waals surface area contributed by atoms with Gasteiger partial charge in [0.25, 0.3) is 0 Å². The van der Waals surface area contributed by atoms with Crippen molar-refractivity contribution in [2.45, 2.75) is 6.92 Å². The van der Waals surface area contributed by atoms with E-state index < -0.39 is 0 Å². The first kappa shape index (κ1) is 8.69. The Kier molecular flexibility index (Phi) is 2.40. The molecule has 0 radical (unpaired) electrons. The van der Waals surface area contributed by atoms with E-state index in [0.717, 1.165) is 11.3 Å². The standard InChI is InChI=1S/C11H10N2O/c1-9-7-11(13-14-9)12-8-10-5-3-2-4-6-10/h2-8H,1H3/b12-8+. The maximum Gasteiger partial charge on any atom is 0.195 e. The van der Waals surface area contributed by atoms with E-state index in [0.29, 0.717) is 5.82 Å². The average molecular weight is 186 g/mol. The molecule has 0 aliphatic rings. The Morgan fingerprint density at radius 2 is 2.07 bits per heavy atom. The number of nitrogens with zero attached hydrogens (tertiary/aromatic N) is 2. The molecule has 1 aromatic heterocycles. The molecule has 0 fully saturated rings. The van der Waals surface area contributed by atoms with E-state index in [1.807, 2.05) is 37.3 Å². The predicted octanol–water partition coefficient (Wildman–Crippen LogP) is 2.73. The Labute approximate surface area is 82.1 Å². The number of aromatic nitrogens is 1. The summed E-state index contributed by atoms with van der Waals surface area (Å²) in [5.41, 5.74) is 1.05. The normalized spacial score (nSPS) is 10.9. The molecule has 0 amide bonds. The van der Waals surface area contributed by atoms with Crippen LogP contribution in [0.5, 0.6) is 0 Å². The molecule has 3 heteroatoms. The smallest absolute Gasteiger partial charge is 0.195 e. The van der Waals surface area contributed by atoms with Crippen LogP contribution >= 0.6 is 0 Å². The predicted molar refractivity (Wildman–Crippen MR) is 54.9 cm³/mol. The van der Waals surface area contributed by atoms with Gasteiger partial charge in [0, 0.05) is 12.3 Å². The molecule has 0 aliphatic carbocycles. The molecule has 14 heavy (non-hydrogen) atoms. The second-order valence-corrected chi connectivity index (χ2v) is 2.96. The summed E-state index contributed by atoms with van der Waals surface area (Å²) in [4.78, 5) is 4.17. The lowest BCUT2D eigenvalue weighted by molar-refractivity contribution is 0.399. The zero-order valence-corrected chi connectivity index (χ0v) is 7.84. The molecule has 1 heterocycles. The third-order valence-corrected chi connectivity index (χ3v) is 1.76. The first-order valence-corrected chi connectivity index (χ1v) is 4.37. The van der Waals surface area contributed by atoms with E-state index in [9.17, 15) is 0 Å². The van der Waals surface area contributed by atoms with Crippen LogP contribution in [0.1, 0.15) is 11.3 Å². The quantitative estimate of drug-likeness (QED) is 0.676. The minimum Gasteiger partial charge on any atom is -0.359 e. The van der Waals surface area contributed by atoms with Gasteiger partial charge in [-0.3, -0.25) is 0 Å². The van der Waals surface area contributed by atoms with E-state index in [2.05, 4.69) is 10.1 Å². The molecule has 0 bridgehead atoms. The highest BCUT2D eigenvalue weighted by molar-refractivity contribution is 5.81. The second kappa shape index (κ2) is 3.87. The summed E-state index contributed by atoms with van der Waals surface area (Å²) in [6.07, 6.45) is 1.76. The number of hydrogen-bond donors (Lipinski definition) is 0. The Hall–Kier alpha value is -1.90. The van der Waals surface area contributed by atoms with Crippen molar-refractivity contribution in [2.24, 2.45) is 4.99 Å². The first-order valence-electron chi connectivity index (χ1n) is 4.37. The molecule has 2 rings (SSSR count). The largest absolute Gasteiger partial charge is 0.359 e. The van der Waals surface area contributed by atoms with E-state index in [4.69, 9.17) is 4.52 Å². The zero-order chi connectivity index (χ0) is 9.80. The molecule has 0 saturated carbocycles. The molecule has 0 unspecified atom stereocenters. The number of aryl methyl sites for hydroxylation is 1. The van der Waals surface area contributed by atoms with Crippen molar-refractivity contribution < 1.29 is 4.52 Å². The van der Waals surface area contributed by atoms with Crippen molar-refractivity contribution >= 4 is 12.0 Å². The minimum atomic E-state index is 0.603. The van der Waals surface area contributed by atoms with Crippen LogP contribution in [0.25, 0.3) is 0 Å². The highest BCUT2D eigenvalue weighted by Crippen LogP contribution is 2.10. The van der Waals surface area contributed by atoms with Crippen LogP contribution in [0.2, 0.25) is 0 Å². The Balaban J connectivity index is 2.15. The Morgan fingerprint density at radius 3 is 2.71 bits per heavy atom. The number of benzene rings is 1. The fourth-order valence-electron chi connectivity index (χ4n) is 1.09. The van der Waals surface area contributed by atoms with E-state index in [1.165, 1.54) is 0 Å². The maximum absolute atomic E-state index is 4.89. The summed E-state index contributed by atoms with van der Waals surface area (Å²) < 4.78 is 4.89. The average Bonchev–Trinajstić information content (AvgIpc) is 2.63. The van der Waals surface area contributed by atoms with Crippen molar-refractivity contribution in [3.8, 4) is 0 Å². The van der Waals surface area contributed by atoms with Crippen LogP contribution in [-0.4, -0.2) is 11.4 Å². The van der Waals surface area contributed by atoms with Crippen LogP contribution in [0.15, 0.2) is 45.9 Å². The van der Waals surface area contributed by atoms with Crippen LogP contribution in [0.3, 0.4) is 0 Å². The van der Waals surface area contributed by atoms with Gasteiger partial charge in [-0.05, 0) is 12.5 Å². The molecule has 2 aromatic rings. The summed E-state index contributed by atoms with van der Waals surface area (Å²) in [5, 5.41) is 3.76. The number of hydrogen-bond acceptors (Lipinski definition) is 3. The molecular weight excluding hydrogens is 176 g/mol. The van der Waals surface area contributed by atoms with Gasteiger partial charge < -0.3 is 4.52 Å². The summed E-state index contributed by atoms with van der Waals surface area (Å²) in [6, 6.07) is 11.7. The fourth-order valence-corrected chi connectivity index (χ4v) is 1.09. The van der Waals surface area contributed by atoms with Gasteiger partial charge in [0.1, 0.15) is 5.76 Å². The Morgan fingerprint density at radius 1 is 1.29 bits per heavy atom. The molecule has 70 valence electrons. The van der Waals surface area contributed by atoms with Gasteiger partial charge in [-0.15, -0.1) is 0 Å². The third-order valence-electron chi connectivity index (χ3n) is 1.76. The van der Waals surface area contributed by atoms with Crippen LogP contribution in [-0.2, 0) is 0 Å². The van der Waals surface area contributed by atoms with E-state index in [-0.39, 0.29) is 0 Å². The lowest BCUT2D eigenvalue weighted by Crippen LogP contribution is -1.77. The monoisotopic (exact) mass is 186 g/mol. The van der Waals surface area contributed by atoms with Gasteiger partial charge in [0.2, 0.25) is 0 Å². The highest BCUT2D eigenvalue weighted by atomic mass is 16.5. The second-order valence-electron chi connectivity index (χ2n) is 2.96. The summed E-state index contributed by atoms with van der Waals surface area (Å²) >= 11 is 0. The molecule has 0 spiro atoms. The fraction of sp³-hybridized carbons (Fsp3) is 0.0909. The number of rotatable bonds is 2. The van der Waals surface area contributed by atoms with Gasteiger partial charge >= 0.3 is 0 Å². The van der Waals surface area contributed by atoms with Crippen LogP contribution in [0, 0.1) is 6.92 Å². The molecule has 0 atom stereocenters. The summed E-state index contributed by atoms with van der Waals surface area (Å²) in [7, 11) is 0. The molecule has 0 N–H and O–H groups in total. The molecule has 1 aromatic carbocycles. The topological polar surface area (TPSA) is 38.4 Å². The molecule has 0 aliphatic heterocycles. The third kappa shape index (κ3) is 2.07. The van der Waals surface area contributed by atoms with E-state index >= 15 is 0 Å². The Bertz CT molecular complexity index is 432. The lowest BCUT2D eigenvalue weighted by atomic mass is 10.2. The van der Waals surface area contributed by atoms with E-state index in [1.54, 1.807) is 12.3 Å². The van der Waals surface area contributed by atoms with Crippen molar-refractivity contribution in [2.75, 3.05) is 0 Å². The lowest BCUT2D eigenvalue weighted by Gasteiger charge is -1.88. The van der Waals surface area contributed by atoms with Crippen molar-refractivity contribution in [1.82, 2.24) is 5.16 Å². The minimum absolute atomic E-state index is 0.603. The van der Waals surface area contributed by atoms with Gasteiger partial charge in [-0.2, -0.15) is 0 Å². The molecule has 0 saturated heterocycles. The van der Waals surface area contributed by atoms with Crippen molar-refractivity contribution in [1.29, 1.82) is 0 Å². The highest BCUT2D eigenvalue weighted by Gasteiger charge is 1.95. The maximum atomic E-state index is 4.89. The van der Waals surface area contributed by atoms with Gasteiger partial charge in [-0.25, -0.2) is 4.99 Å². The summed E-state index contributed by atoms with van der Waals surface area (Å²) in [5.74, 6) is 1.37. The van der Waals surface area contributed by atoms with Crippen LogP contribution < -0.4 is 0 Å². The van der Waals surface area contributed by atoms with Crippen molar-refractivity contribution in [3.63, 3.8) is 0 Å². The molecule has 3 nitrogen and oxygen atoms in total. The van der Waals surface area contributed by atoms with Gasteiger partial charge in [0.15, 0.2) is 5.82 Å². The van der Waals surface area contributed by atoms with Gasteiger partial charge in [0.05, 0.1) is 0 Å². The van der Waals surface area contributed by atoms with Gasteiger partial charge in [-0.1, -0.05) is 35.5 Å².